The van der Waals surface area contributed by atoms with Gasteiger partial charge in [-0.3, -0.25) is 14.6 Å². The lowest BCUT2D eigenvalue weighted by Crippen LogP contribution is -2.53. The second-order valence-corrected chi connectivity index (χ2v) is 10.2. The van der Waals surface area contributed by atoms with E-state index in [-0.39, 0.29) is 29.7 Å². The van der Waals surface area contributed by atoms with Crippen LogP contribution in [0.3, 0.4) is 0 Å². The third kappa shape index (κ3) is 5.54. The van der Waals surface area contributed by atoms with E-state index in [4.69, 9.17) is 9.47 Å². The first-order valence-electron chi connectivity index (χ1n) is 11.4. The molecule has 2 N–H and O–H groups in total. The number of anilines is 1. The zero-order valence-electron chi connectivity index (χ0n) is 19.8. The molecule has 3 aromatic rings. The van der Waals surface area contributed by atoms with Gasteiger partial charge in [-0.25, -0.2) is 0 Å². The molecule has 10 heteroatoms. The number of pyridine rings is 1. The normalized spacial score (nSPS) is 22.4. The minimum Gasteiger partial charge on any atom is -0.616 e. The summed E-state index contributed by atoms with van der Waals surface area (Å²) < 4.78 is 22.9. The van der Waals surface area contributed by atoms with Crippen LogP contribution in [0.4, 0.5) is 5.69 Å². The highest BCUT2D eigenvalue weighted by molar-refractivity contribution is 7.93. The van der Waals surface area contributed by atoms with Crippen LogP contribution < -0.4 is 19.7 Å². The van der Waals surface area contributed by atoms with Crippen LogP contribution >= 0.6 is 0 Å². The van der Waals surface area contributed by atoms with Gasteiger partial charge in [0.2, 0.25) is 5.60 Å². The highest BCUT2D eigenvalue weighted by atomic mass is 32.2. The molecule has 0 spiro atoms. The molecule has 1 fully saturated rings. The number of likely N-dealkylation sites (N-methyl/N-ethyl adjacent to an activating group) is 1. The van der Waals surface area contributed by atoms with Gasteiger partial charge in [0.1, 0.15) is 35.6 Å². The summed E-state index contributed by atoms with van der Waals surface area (Å²) in [6, 6.07) is 16.4. The number of aromatic nitrogens is 1. The van der Waals surface area contributed by atoms with Gasteiger partial charge in [0.05, 0.1) is 5.69 Å². The predicted octanol–water partition coefficient (Wildman–Crippen LogP) is 1.87. The number of fused-ring (bicyclic) bond motifs is 1. The second kappa shape index (κ2) is 10.1. The van der Waals surface area contributed by atoms with E-state index in [0.29, 0.717) is 28.5 Å². The molecule has 0 radical (unpaired) electrons. The maximum atomic E-state index is 13.2. The zero-order valence-corrected chi connectivity index (χ0v) is 20.7. The van der Waals surface area contributed by atoms with Crippen LogP contribution in [-0.4, -0.2) is 63.3 Å². The van der Waals surface area contributed by atoms with Crippen LogP contribution in [0.2, 0.25) is 0 Å². The smallest absolute Gasteiger partial charge is 0.270 e. The molecular weight excluding hydrogens is 494 g/mol. The Kier molecular flexibility index (Phi) is 6.76. The molecule has 2 aromatic carbocycles. The van der Waals surface area contributed by atoms with E-state index >= 15 is 0 Å². The van der Waals surface area contributed by atoms with Gasteiger partial charge in [-0.15, -0.1) is 0 Å². The van der Waals surface area contributed by atoms with E-state index in [1.165, 1.54) is 17.2 Å². The van der Waals surface area contributed by atoms with Gasteiger partial charge in [0.25, 0.3) is 11.8 Å². The monoisotopic (exact) mass is 517 g/mol. The van der Waals surface area contributed by atoms with Crippen molar-refractivity contribution in [2.45, 2.75) is 11.6 Å². The molecule has 0 saturated carbocycles. The highest BCUT2D eigenvalue weighted by Gasteiger charge is 2.45. The number of amides is 2. The van der Waals surface area contributed by atoms with Crippen molar-refractivity contribution < 1.29 is 28.7 Å². The van der Waals surface area contributed by atoms with Gasteiger partial charge in [-0.2, -0.15) is 0 Å². The van der Waals surface area contributed by atoms with Gasteiger partial charge in [0, 0.05) is 24.9 Å². The van der Waals surface area contributed by atoms with Crippen molar-refractivity contribution in [2.24, 2.45) is 0 Å². The fraction of sp³-hybridized carbons (Fsp3) is 0.222. The Labute approximate surface area is 216 Å². The molecule has 2 aliphatic heterocycles. The Balaban J connectivity index is 1.28. The van der Waals surface area contributed by atoms with E-state index in [0.717, 1.165) is 0 Å². The molecule has 0 aliphatic carbocycles. The number of nitrogens with one attached hydrogen (secondary N) is 1. The van der Waals surface area contributed by atoms with Crippen molar-refractivity contribution in [3.05, 3.63) is 78.1 Å². The topological polar surface area (TPSA) is 124 Å². The molecule has 37 heavy (non-hydrogen) atoms. The summed E-state index contributed by atoms with van der Waals surface area (Å²) >= 11 is -1.04. The summed E-state index contributed by atoms with van der Waals surface area (Å²) in [7, 11) is 1.58. The predicted molar refractivity (Wildman–Crippen MR) is 137 cm³/mol. The van der Waals surface area contributed by atoms with Crippen LogP contribution in [0.25, 0.3) is 0 Å². The van der Waals surface area contributed by atoms with Crippen LogP contribution in [0.5, 0.6) is 17.2 Å². The molecular formula is C27H23N3O6S. The first-order valence-corrected chi connectivity index (χ1v) is 12.9. The Hall–Kier alpha value is -4.04. The van der Waals surface area contributed by atoms with Gasteiger partial charge >= 0.3 is 0 Å². The van der Waals surface area contributed by atoms with Crippen LogP contribution in [0.15, 0.2) is 66.9 Å². The van der Waals surface area contributed by atoms with Crippen molar-refractivity contribution in [3.63, 3.8) is 0 Å². The standard InChI is InChI=1S/C27H23N3O6S/c1-30-23-13-18(9-11-27(33)16-37(34)17-27)7-8-24(23)35-15-22(26(30)32)29-25(31)21-14-20(10-12-28-21)36-19-5-3-2-4-6-19/h2-8,10,12-14,22,33H,15-17H2,1H3,(H,29,31)/t22-,27?,37?/m0/s1. The van der Waals surface area contributed by atoms with Crippen molar-refractivity contribution >= 4 is 28.7 Å². The van der Waals surface area contributed by atoms with E-state index in [1.807, 2.05) is 18.2 Å². The molecule has 2 aliphatic rings. The zero-order chi connectivity index (χ0) is 26.0. The highest BCUT2D eigenvalue weighted by Crippen LogP contribution is 2.32. The third-order valence-corrected chi connectivity index (χ3v) is 7.44. The minimum absolute atomic E-state index is 0.0707. The number of hydrogen-bond donors (Lipinski definition) is 2. The maximum absolute atomic E-state index is 13.2. The lowest BCUT2D eigenvalue weighted by Gasteiger charge is -2.32. The van der Waals surface area contributed by atoms with Crippen LogP contribution in [0.1, 0.15) is 16.1 Å². The molecule has 9 nitrogen and oxygen atoms in total. The number of carbonyl (C=O) groups is 2. The molecule has 1 saturated heterocycles. The molecule has 0 bridgehead atoms. The minimum atomic E-state index is -1.25. The number of ether oxygens (including phenoxy) is 2. The number of carbonyl (C=O) groups excluding carboxylic acids is 2. The van der Waals surface area contributed by atoms with E-state index in [1.54, 1.807) is 43.4 Å². The summed E-state index contributed by atoms with van der Waals surface area (Å²) in [5, 5.41) is 12.9. The van der Waals surface area contributed by atoms with Crippen molar-refractivity contribution in [3.8, 4) is 29.1 Å². The molecule has 2 amide bonds. The van der Waals surface area contributed by atoms with E-state index in [9.17, 15) is 19.2 Å². The molecule has 5 rings (SSSR count). The van der Waals surface area contributed by atoms with Crippen LogP contribution in [-0.2, 0) is 16.0 Å². The lowest BCUT2D eigenvalue weighted by atomic mass is 10.1. The summed E-state index contributed by atoms with van der Waals surface area (Å²) in [5.74, 6) is 6.49. The third-order valence-electron chi connectivity index (χ3n) is 5.84. The molecule has 188 valence electrons. The lowest BCUT2D eigenvalue weighted by molar-refractivity contribution is -0.120. The number of para-hydroxylation sites is 1. The SMILES string of the molecule is CN1C(=O)[C@@H](NC(=O)c2cc(Oc3ccccc3)ccn2)COc2ccc(C#CC3(O)C[S+]([O-])C3)cc21. The van der Waals surface area contributed by atoms with Crippen molar-refractivity contribution in [1.82, 2.24) is 10.3 Å². The molecule has 0 unspecified atom stereocenters. The van der Waals surface area contributed by atoms with Gasteiger partial charge in [-0.1, -0.05) is 30.0 Å². The Morgan fingerprint density at radius 3 is 2.76 bits per heavy atom. The summed E-state index contributed by atoms with van der Waals surface area (Å²) in [5.41, 5.74) is -0.106. The van der Waals surface area contributed by atoms with Crippen molar-refractivity contribution in [2.75, 3.05) is 30.1 Å². The summed E-state index contributed by atoms with van der Waals surface area (Å²) in [6.45, 7) is -0.0707. The maximum Gasteiger partial charge on any atom is 0.270 e. The van der Waals surface area contributed by atoms with Crippen LogP contribution in [0, 0.1) is 11.8 Å². The average Bonchev–Trinajstić information content (AvgIpc) is 2.99. The fourth-order valence-corrected chi connectivity index (χ4v) is 5.01. The first kappa shape index (κ1) is 24.6. The fourth-order valence-electron chi connectivity index (χ4n) is 3.89. The molecule has 3 heterocycles. The number of benzene rings is 2. The number of aliphatic hydroxyl groups is 1. The van der Waals surface area contributed by atoms with E-state index < -0.39 is 28.7 Å². The van der Waals surface area contributed by atoms with Gasteiger partial charge < -0.3 is 29.3 Å². The molecule has 1 aromatic heterocycles. The summed E-state index contributed by atoms with van der Waals surface area (Å²) in [6.07, 6.45) is 1.46. The van der Waals surface area contributed by atoms with Crippen molar-refractivity contribution in [1.29, 1.82) is 0 Å². The second-order valence-electron chi connectivity index (χ2n) is 8.72. The Morgan fingerprint density at radius 2 is 2.00 bits per heavy atom. The molecule has 1 atom stereocenters. The number of hydrogen-bond acceptors (Lipinski definition) is 7. The quantitative estimate of drug-likeness (QED) is 0.400. The Bertz CT molecular complexity index is 1400. The number of rotatable bonds is 4. The van der Waals surface area contributed by atoms with Gasteiger partial charge in [0.15, 0.2) is 11.5 Å². The average molecular weight is 518 g/mol. The van der Waals surface area contributed by atoms with Gasteiger partial charge in [-0.05, 0) is 47.6 Å². The number of nitrogens with zero attached hydrogens (tertiary/aromatic N) is 2. The largest absolute Gasteiger partial charge is 0.616 e. The Morgan fingerprint density at radius 1 is 1.22 bits per heavy atom. The van der Waals surface area contributed by atoms with E-state index in [2.05, 4.69) is 22.1 Å². The summed E-state index contributed by atoms with van der Waals surface area (Å²) in [4.78, 5) is 31.6. The first-order chi connectivity index (χ1) is 17.8.